The van der Waals surface area contributed by atoms with E-state index in [2.05, 4.69) is 5.10 Å². The summed E-state index contributed by atoms with van der Waals surface area (Å²) in [4.78, 5) is 0.0496. The van der Waals surface area contributed by atoms with E-state index in [4.69, 9.17) is 0 Å². The minimum absolute atomic E-state index is 0.0170. The SMILES string of the molecule is Cc1ccc(F)cc1S(=O)(=O)N(Cc1c(C)nn(C)c1C)C1CC1. The summed E-state index contributed by atoms with van der Waals surface area (Å²) in [5, 5.41) is 4.37. The Morgan fingerprint density at radius 3 is 2.50 bits per heavy atom. The van der Waals surface area contributed by atoms with Crippen molar-refractivity contribution in [3.8, 4) is 0 Å². The van der Waals surface area contributed by atoms with Gasteiger partial charge in [-0.05, 0) is 51.3 Å². The monoisotopic (exact) mass is 351 g/mol. The van der Waals surface area contributed by atoms with E-state index in [1.165, 1.54) is 16.4 Å². The Kier molecular flexibility index (Phi) is 4.25. The Balaban J connectivity index is 2.03. The van der Waals surface area contributed by atoms with Crippen molar-refractivity contribution in [1.82, 2.24) is 14.1 Å². The first-order valence-electron chi connectivity index (χ1n) is 7.99. The van der Waals surface area contributed by atoms with Gasteiger partial charge in [0.05, 0.1) is 10.6 Å². The fraction of sp³-hybridized carbons (Fsp3) is 0.471. The van der Waals surface area contributed by atoms with Crippen LogP contribution in [0.3, 0.4) is 0 Å². The van der Waals surface area contributed by atoms with Crippen LogP contribution in [-0.4, -0.2) is 28.5 Å². The van der Waals surface area contributed by atoms with Crippen LogP contribution in [0.15, 0.2) is 23.1 Å². The highest BCUT2D eigenvalue weighted by molar-refractivity contribution is 7.89. The molecule has 0 aliphatic heterocycles. The van der Waals surface area contributed by atoms with Crippen LogP contribution in [0.5, 0.6) is 0 Å². The van der Waals surface area contributed by atoms with Gasteiger partial charge < -0.3 is 0 Å². The maximum Gasteiger partial charge on any atom is 0.243 e. The van der Waals surface area contributed by atoms with E-state index in [1.807, 2.05) is 20.9 Å². The first kappa shape index (κ1) is 17.1. The number of aryl methyl sites for hydroxylation is 3. The second-order valence-corrected chi connectivity index (χ2v) is 8.32. The maximum absolute atomic E-state index is 13.6. The molecule has 2 aromatic rings. The third-order valence-electron chi connectivity index (χ3n) is 4.66. The summed E-state index contributed by atoms with van der Waals surface area (Å²) in [7, 11) is -1.91. The lowest BCUT2D eigenvalue weighted by molar-refractivity contribution is 0.396. The summed E-state index contributed by atoms with van der Waals surface area (Å²) in [6.07, 6.45) is 1.68. The fourth-order valence-corrected chi connectivity index (χ4v) is 4.84. The lowest BCUT2D eigenvalue weighted by Gasteiger charge is -2.23. The Morgan fingerprint density at radius 1 is 1.29 bits per heavy atom. The molecular formula is C17H22FN3O2S. The van der Waals surface area contributed by atoms with Crippen LogP contribution in [0.25, 0.3) is 0 Å². The largest absolute Gasteiger partial charge is 0.272 e. The molecule has 0 atom stereocenters. The third kappa shape index (κ3) is 2.98. The molecular weight excluding hydrogens is 329 g/mol. The topological polar surface area (TPSA) is 55.2 Å². The molecule has 1 heterocycles. The second-order valence-electron chi connectivity index (χ2n) is 6.46. The number of benzene rings is 1. The number of halogens is 1. The van der Waals surface area contributed by atoms with Crippen molar-refractivity contribution in [2.75, 3.05) is 0 Å². The molecule has 0 saturated heterocycles. The molecule has 1 aliphatic rings. The van der Waals surface area contributed by atoms with E-state index >= 15 is 0 Å². The lowest BCUT2D eigenvalue weighted by Crippen LogP contribution is -2.33. The minimum atomic E-state index is -3.76. The average molecular weight is 351 g/mol. The van der Waals surface area contributed by atoms with Crippen LogP contribution in [0.4, 0.5) is 4.39 Å². The zero-order valence-corrected chi connectivity index (χ0v) is 15.2. The van der Waals surface area contributed by atoms with Crippen molar-refractivity contribution in [3.63, 3.8) is 0 Å². The van der Waals surface area contributed by atoms with Crippen LogP contribution in [-0.2, 0) is 23.6 Å². The molecule has 24 heavy (non-hydrogen) atoms. The number of hydrogen-bond acceptors (Lipinski definition) is 3. The molecule has 1 saturated carbocycles. The van der Waals surface area contributed by atoms with Crippen molar-refractivity contribution in [1.29, 1.82) is 0 Å². The summed E-state index contributed by atoms with van der Waals surface area (Å²) in [6.45, 7) is 5.78. The maximum atomic E-state index is 13.6. The van der Waals surface area contributed by atoms with Gasteiger partial charge in [0.15, 0.2) is 0 Å². The normalized spacial score (nSPS) is 15.2. The first-order chi connectivity index (χ1) is 11.2. The number of sulfonamides is 1. The van der Waals surface area contributed by atoms with Gasteiger partial charge in [0.25, 0.3) is 0 Å². The highest BCUT2D eigenvalue weighted by Gasteiger charge is 2.39. The van der Waals surface area contributed by atoms with Gasteiger partial charge in [-0.25, -0.2) is 12.8 Å². The van der Waals surface area contributed by atoms with E-state index < -0.39 is 15.8 Å². The summed E-state index contributed by atoms with van der Waals surface area (Å²) in [6, 6.07) is 3.89. The summed E-state index contributed by atoms with van der Waals surface area (Å²) in [5.41, 5.74) is 3.25. The lowest BCUT2D eigenvalue weighted by atomic mass is 10.2. The third-order valence-corrected chi connectivity index (χ3v) is 6.70. The summed E-state index contributed by atoms with van der Waals surface area (Å²) in [5.74, 6) is -0.538. The standard InChI is InChI=1S/C17H22FN3O2S/c1-11-5-6-14(18)9-17(11)24(22,23)21(15-7-8-15)10-16-12(2)19-20(4)13(16)3/h5-6,9,15H,7-8,10H2,1-4H3. The van der Waals surface area contributed by atoms with Crippen LogP contribution >= 0.6 is 0 Å². The molecule has 130 valence electrons. The molecule has 0 N–H and O–H groups in total. The van der Waals surface area contributed by atoms with Gasteiger partial charge in [0, 0.05) is 30.9 Å². The summed E-state index contributed by atoms with van der Waals surface area (Å²) < 4.78 is 43.2. The van der Waals surface area contributed by atoms with E-state index in [0.717, 1.165) is 35.9 Å². The highest BCUT2D eigenvalue weighted by atomic mass is 32.2. The molecule has 7 heteroatoms. The van der Waals surface area contributed by atoms with Gasteiger partial charge >= 0.3 is 0 Å². The Labute approximate surface area is 142 Å². The zero-order valence-electron chi connectivity index (χ0n) is 14.4. The molecule has 1 fully saturated rings. The van der Waals surface area contributed by atoms with Gasteiger partial charge in [-0.15, -0.1) is 0 Å². The van der Waals surface area contributed by atoms with E-state index in [0.29, 0.717) is 5.56 Å². The van der Waals surface area contributed by atoms with Crippen molar-refractivity contribution >= 4 is 10.0 Å². The van der Waals surface area contributed by atoms with Crippen molar-refractivity contribution in [2.24, 2.45) is 7.05 Å². The van der Waals surface area contributed by atoms with E-state index in [9.17, 15) is 12.8 Å². The smallest absolute Gasteiger partial charge is 0.243 e. The first-order valence-corrected chi connectivity index (χ1v) is 9.43. The van der Waals surface area contributed by atoms with Crippen LogP contribution in [0, 0.1) is 26.6 Å². The number of rotatable bonds is 5. The minimum Gasteiger partial charge on any atom is -0.272 e. The van der Waals surface area contributed by atoms with Crippen LogP contribution in [0.2, 0.25) is 0 Å². The molecule has 1 aromatic carbocycles. The predicted molar refractivity (Wildman–Crippen MR) is 89.6 cm³/mol. The van der Waals surface area contributed by atoms with E-state index in [-0.39, 0.29) is 17.5 Å². The summed E-state index contributed by atoms with van der Waals surface area (Å²) >= 11 is 0. The van der Waals surface area contributed by atoms with Gasteiger partial charge in [0.1, 0.15) is 5.82 Å². The average Bonchev–Trinajstić information content (AvgIpc) is 3.30. The van der Waals surface area contributed by atoms with Crippen molar-refractivity contribution in [3.05, 3.63) is 46.5 Å². The van der Waals surface area contributed by atoms with Gasteiger partial charge in [-0.1, -0.05) is 6.07 Å². The van der Waals surface area contributed by atoms with Crippen molar-refractivity contribution < 1.29 is 12.8 Å². The molecule has 0 spiro atoms. The molecule has 0 unspecified atom stereocenters. The van der Waals surface area contributed by atoms with E-state index in [1.54, 1.807) is 11.6 Å². The number of hydrogen-bond donors (Lipinski definition) is 0. The highest BCUT2D eigenvalue weighted by Crippen LogP contribution is 2.35. The molecule has 0 bridgehead atoms. The Hall–Kier alpha value is -1.73. The van der Waals surface area contributed by atoms with Crippen LogP contribution < -0.4 is 0 Å². The molecule has 0 amide bonds. The van der Waals surface area contributed by atoms with Gasteiger partial charge in [0.2, 0.25) is 10.0 Å². The van der Waals surface area contributed by atoms with Gasteiger partial charge in [-0.2, -0.15) is 9.40 Å². The molecule has 1 aromatic heterocycles. The number of nitrogens with zero attached hydrogens (tertiary/aromatic N) is 3. The number of aromatic nitrogens is 2. The van der Waals surface area contributed by atoms with Gasteiger partial charge in [-0.3, -0.25) is 4.68 Å². The zero-order chi connectivity index (χ0) is 17.6. The fourth-order valence-electron chi connectivity index (χ4n) is 2.95. The van der Waals surface area contributed by atoms with Crippen LogP contribution in [0.1, 0.15) is 35.4 Å². The second kappa shape index (κ2) is 5.97. The molecule has 5 nitrogen and oxygen atoms in total. The Bertz CT molecular complexity index is 885. The molecule has 0 radical (unpaired) electrons. The predicted octanol–water partition coefficient (Wildman–Crippen LogP) is 2.84. The van der Waals surface area contributed by atoms with Crippen molar-refractivity contribution in [2.45, 2.75) is 51.1 Å². The Morgan fingerprint density at radius 2 is 1.96 bits per heavy atom. The quantitative estimate of drug-likeness (QED) is 0.832. The molecule has 3 rings (SSSR count). The molecule has 1 aliphatic carbocycles.